The summed E-state index contributed by atoms with van der Waals surface area (Å²) in [5, 5.41) is 5.94. The minimum Gasteiger partial charge on any atom is -0.352 e. The number of rotatable bonds is 6. The molecule has 5 nitrogen and oxygen atoms in total. The van der Waals surface area contributed by atoms with E-state index in [9.17, 15) is 9.59 Å². The Hall–Kier alpha value is -2.66. The topological polar surface area (TPSA) is 61.4 Å². The zero-order valence-electron chi connectivity index (χ0n) is 14.9. The number of para-hydroxylation sites is 1. The van der Waals surface area contributed by atoms with Crippen LogP contribution in [0.1, 0.15) is 23.2 Å². The third-order valence-electron chi connectivity index (χ3n) is 4.72. The van der Waals surface area contributed by atoms with E-state index in [0.29, 0.717) is 24.6 Å². The van der Waals surface area contributed by atoms with Crippen LogP contribution < -0.4 is 10.6 Å². The SMILES string of the molecule is O=C(CN1CCC(CNC(=O)c2ccccc2)CC1)Nc1ccccc1. The Morgan fingerprint density at radius 1 is 0.923 bits per heavy atom. The second-order valence-corrected chi connectivity index (χ2v) is 6.71. The highest BCUT2D eigenvalue weighted by atomic mass is 16.2. The van der Waals surface area contributed by atoms with Crippen LogP contribution in [-0.4, -0.2) is 42.9 Å². The lowest BCUT2D eigenvalue weighted by Gasteiger charge is -2.31. The van der Waals surface area contributed by atoms with Crippen molar-refractivity contribution in [1.29, 1.82) is 0 Å². The Kier molecular flexibility index (Phi) is 6.39. The van der Waals surface area contributed by atoms with Crippen molar-refractivity contribution in [3.8, 4) is 0 Å². The van der Waals surface area contributed by atoms with Crippen LogP contribution in [0.3, 0.4) is 0 Å². The molecule has 0 spiro atoms. The van der Waals surface area contributed by atoms with Crippen molar-refractivity contribution in [2.75, 3.05) is 31.5 Å². The van der Waals surface area contributed by atoms with E-state index in [0.717, 1.165) is 31.6 Å². The Balaban J connectivity index is 1.36. The van der Waals surface area contributed by atoms with Gasteiger partial charge in [0.1, 0.15) is 0 Å². The molecule has 0 saturated carbocycles. The van der Waals surface area contributed by atoms with Gasteiger partial charge in [0.25, 0.3) is 5.91 Å². The molecule has 3 rings (SSSR count). The van der Waals surface area contributed by atoms with Gasteiger partial charge in [0.15, 0.2) is 0 Å². The summed E-state index contributed by atoms with van der Waals surface area (Å²) in [5.74, 6) is 0.471. The zero-order chi connectivity index (χ0) is 18.2. The number of benzene rings is 2. The predicted molar refractivity (Wildman–Crippen MR) is 103 cm³/mol. The molecule has 0 aromatic heterocycles. The number of nitrogens with zero attached hydrogens (tertiary/aromatic N) is 1. The summed E-state index contributed by atoms with van der Waals surface area (Å²) in [7, 11) is 0. The van der Waals surface area contributed by atoms with Gasteiger partial charge in [-0.25, -0.2) is 0 Å². The molecule has 2 amide bonds. The first kappa shape index (κ1) is 18.1. The molecule has 0 bridgehead atoms. The lowest BCUT2D eigenvalue weighted by Crippen LogP contribution is -2.41. The van der Waals surface area contributed by atoms with Gasteiger partial charge >= 0.3 is 0 Å². The van der Waals surface area contributed by atoms with Gasteiger partial charge in [0, 0.05) is 17.8 Å². The molecular formula is C21H25N3O2. The maximum atomic E-state index is 12.1. The van der Waals surface area contributed by atoms with Crippen LogP contribution in [0.25, 0.3) is 0 Å². The quantitative estimate of drug-likeness (QED) is 0.841. The van der Waals surface area contributed by atoms with E-state index in [1.165, 1.54) is 0 Å². The molecule has 2 aromatic carbocycles. The molecule has 1 aliphatic heterocycles. The molecular weight excluding hydrogens is 326 g/mol. The monoisotopic (exact) mass is 351 g/mol. The Morgan fingerprint density at radius 3 is 2.19 bits per heavy atom. The molecule has 2 N–H and O–H groups in total. The highest BCUT2D eigenvalue weighted by Crippen LogP contribution is 2.16. The van der Waals surface area contributed by atoms with Crippen molar-refractivity contribution in [1.82, 2.24) is 10.2 Å². The molecule has 1 heterocycles. The summed E-state index contributed by atoms with van der Waals surface area (Å²) >= 11 is 0. The molecule has 1 aliphatic rings. The fraction of sp³-hybridized carbons (Fsp3) is 0.333. The lowest BCUT2D eigenvalue weighted by atomic mass is 9.96. The lowest BCUT2D eigenvalue weighted by molar-refractivity contribution is -0.117. The molecule has 0 unspecified atom stereocenters. The van der Waals surface area contributed by atoms with Crippen molar-refractivity contribution < 1.29 is 9.59 Å². The molecule has 5 heteroatoms. The maximum Gasteiger partial charge on any atom is 0.251 e. The van der Waals surface area contributed by atoms with E-state index < -0.39 is 0 Å². The van der Waals surface area contributed by atoms with E-state index in [1.807, 2.05) is 60.7 Å². The molecule has 1 fully saturated rings. The fourth-order valence-electron chi connectivity index (χ4n) is 3.20. The van der Waals surface area contributed by atoms with Crippen LogP contribution in [0.4, 0.5) is 5.69 Å². The Bertz CT molecular complexity index is 711. The Labute approximate surface area is 154 Å². The average molecular weight is 351 g/mol. The number of carbonyl (C=O) groups is 2. The molecule has 26 heavy (non-hydrogen) atoms. The summed E-state index contributed by atoms with van der Waals surface area (Å²) in [4.78, 5) is 26.4. The van der Waals surface area contributed by atoms with Crippen molar-refractivity contribution in [3.05, 3.63) is 66.2 Å². The molecule has 136 valence electrons. The molecule has 0 radical (unpaired) electrons. The van der Waals surface area contributed by atoms with Gasteiger partial charge in [-0.2, -0.15) is 0 Å². The Morgan fingerprint density at radius 2 is 1.54 bits per heavy atom. The van der Waals surface area contributed by atoms with E-state index in [-0.39, 0.29) is 11.8 Å². The zero-order valence-corrected chi connectivity index (χ0v) is 14.9. The first-order valence-electron chi connectivity index (χ1n) is 9.11. The van der Waals surface area contributed by atoms with E-state index in [4.69, 9.17) is 0 Å². The third-order valence-corrected chi connectivity index (χ3v) is 4.72. The van der Waals surface area contributed by atoms with Crippen LogP contribution in [-0.2, 0) is 4.79 Å². The van der Waals surface area contributed by atoms with E-state index in [2.05, 4.69) is 15.5 Å². The number of carbonyl (C=O) groups excluding carboxylic acids is 2. The highest BCUT2D eigenvalue weighted by molar-refractivity contribution is 5.94. The van der Waals surface area contributed by atoms with E-state index in [1.54, 1.807) is 0 Å². The molecule has 2 aromatic rings. The summed E-state index contributed by atoms with van der Waals surface area (Å²) in [6.07, 6.45) is 1.99. The van der Waals surface area contributed by atoms with Gasteiger partial charge in [-0.15, -0.1) is 0 Å². The third kappa shape index (κ3) is 5.43. The summed E-state index contributed by atoms with van der Waals surface area (Å²) < 4.78 is 0. The van der Waals surface area contributed by atoms with Crippen LogP contribution in [0, 0.1) is 5.92 Å². The maximum absolute atomic E-state index is 12.1. The van der Waals surface area contributed by atoms with Crippen LogP contribution in [0.15, 0.2) is 60.7 Å². The standard InChI is InChI=1S/C21H25N3O2/c25-20(23-19-9-5-2-6-10-19)16-24-13-11-17(12-14-24)15-22-21(26)18-7-3-1-4-8-18/h1-10,17H,11-16H2,(H,22,26)(H,23,25). The average Bonchev–Trinajstić information content (AvgIpc) is 2.68. The number of likely N-dealkylation sites (tertiary alicyclic amines) is 1. The van der Waals surface area contributed by atoms with Gasteiger partial charge in [0.2, 0.25) is 5.91 Å². The first-order valence-corrected chi connectivity index (χ1v) is 9.11. The second-order valence-electron chi connectivity index (χ2n) is 6.71. The van der Waals surface area contributed by atoms with Gasteiger partial charge in [0.05, 0.1) is 6.54 Å². The van der Waals surface area contributed by atoms with Gasteiger partial charge < -0.3 is 10.6 Å². The number of nitrogens with one attached hydrogen (secondary N) is 2. The summed E-state index contributed by atoms with van der Waals surface area (Å²) in [5.41, 5.74) is 1.53. The number of amides is 2. The first-order chi connectivity index (χ1) is 12.7. The van der Waals surface area contributed by atoms with Crippen LogP contribution in [0.2, 0.25) is 0 Å². The summed E-state index contributed by atoms with van der Waals surface area (Å²) in [6.45, 7) is 2.87. The van der Waals surface area contributed by atoms with Crippen LogP contribution in [0.5, 0.6) is 0 Å². The predicted octanol–water partition coefficient (Wildman–Crippen LogP) is 2.77. The largest absolute Gasteiger partial charge is 0.352 e. The van der Waals surface area contributed by atoms with E-state index >= 15 is 0 Å². The van der Waals surface area contributed by atoms with Crippen molar-refractivity contribution in [2.45, 2.75) is 12.8 Å². The molecule has 1 saturated heterocycles. The number of hydrogen-bond donors (Lipinski definition) is 2. The number of piperidine rings is 1. The van der Waals surface area contributed by atoms with Crippen molar-refractivity contribution in [2.24, 2.45) is 5.92 Å². The molecule has 0 aliphatic carbocycles. The van der Waals surface area contributed by atoms with Gasteiger partial charge in [-0.3, -0.25) is 14.5 Å². The normalized spacial score (nSPS) is 15.4. The van der Waals surface area contributed by atoms with Crippen LogP contribution >= 0.6 is 0 Å². The highest BCUT2D eigenvalue weighted by Gasteiger charge is 2.21. The van der Waals surface area contributed by atoms with Crippen molar-refractivity contribution in [3.63, 3.8) is 0 Å². The van der Waals surface area contributed by atoms with Gasteiger partial charge in [-0.1, -0.05) is 36.4 Å². The smallest absolute Gasteiger partial charge is 0.251 e. The number of anilines is 1. The number of hydrogen-bond acceptors (Lipinski definition) is 3. The van der Waals surface area contributed by atoms with Gasteiger partial charge in [-0.05, 0) is 56.1 Å². The summed E-state index contributed by atoms with van der Waals surface area (Å²) in [6, 6.07) is 18.8. The minimum atomic E-state index is -0.0183. The fourth-order valence-corrected chi connectivity index (χ4v) is 3.20. The van der Waals surface area contributed by atoms with Crippen molar-refractivity contribution >= 4 is 17.5 Å². The second kappa shape index (κ2) is 9.15. The molecule has 0 atom stereocenters. The minimum absolute atomic E-state index is 0.0183.